The molecule has 0 aliphatic heterocycles. The van der Waals surface area contributed by atoms with E-state index in [0.717, 1.165) is 0 Å². The quantitative estimate of drug-likeness (QED) is 0.613. The molecular weight excluding hydrogens is 377 g/mol. The molecule has 0 unspecified atom stereocenters. The number of nitrogen functional groups attached to an aromatic ring is 1. The zero-order valence-corrected chi connectivity index (χ0v) is 14.6. The number of nitrogens with zero attached hydrogens (tertiary/aromatic N) is 1. The molecule has 0 aliphatic rings. The van der Waals surface area contributed by atoms with Gasteiger partial charge in [0.05, 0.1) is 10.7 Å². The Hall–Kier alpha value is -2.02. The minimum atomic E-state index is -1.09. The molecule has 2 aromatic rings. The van der Waals surface area contributed by atoms with Crippen LogP contribution in [0.2, 0.25) is 15.2 Å². The Morgan fingerprint density at radius 2 is 1.79 bits per heavy atom. The maximum absolute atomic E-state index is 12.1. The van der Waals surface area contributed by atoms with E-state index in [4.69, 9.17) is 45.3 Å². The Morgan fingerprint density at radius 3 is 2.42 bits per heavy atom. The van der Waals surface area contributed by atoms with Crippen LogP contribution in [0, 0.1) is 0 Å². The van der Waals surface area contributed by atoms with Crippen LogP contribution in [-0.2, 0) is 9.53 Å². The van der Waals surface area contributed by atoms with E-state index in [1.807, 2.05) is 6.07 Å². The SMILES string of the molecule is C[C@H](OC(=O)c1nc(Cl)c(Cl)c(N)c1Cl)C(=O)Nc1ccccc1. The summed E-state index contributed by atoms with van der Waals surface area (Å²) < 4.78 is 5.05. The van der Waals surface area contributed by atoms with E-state index in [1.54, 1.807) is 24.3 Å². The molecule has 1 heterocycles. The summed E-state index contributed by atoms with van der Waals surface area (Å²) in [5.41, 5.74) is 5.80. The van der Waals surface area contributed by atoms with E-state index < -0.39 is 18.0 Å². The number of anilines is 2. The Balaban J connectivity index is 2.10. The molecule has 0 saturated heterocycles. The molecule has 1 atom stereocenters. The van der Waals surface area contributed by atoms with Crippen LogP contribution >= 0.6 is 34.8 Å². The third kappa shape index (κ3) is 4.08. The fourth-order valence-electron chi connectivity index (χ4n) is 1.70. The van der Waals surface area contributed by atoms with Crippen molar-refractivity contribution in [2.24, 2.45) is 0 Å². The monoisotopic (exact) mass is 387 g/mol. The van der Waals surface area contributed by atoms with Crippen molar-refractivity contribution in [3.63, 3.8) is 0 Å². The number of hydrogen-bond acceptors (Lipinski definition) is 5. The van der Waals surface area contributed by atoms with Gasteiger partial charge in [-0.15, -0.1) is 0 Å². The summed E-state index contributed by atoms with van der Waals surface area (Å²) >= 11 is 17.5. The van der Waals surface area contributed by atoms with Gasteiger partial charge in [0.2, 0.25) is 0 Å². The Kier molecular flexibility index (Phi) is 5.88. The average molecular weight is 389 g/mol. The second-order valence-electron chi connectivity index (χ2n) is 4.70. The van der Waals surface area contributed by atoms with E-state index in [0.29, 0.717) is 5.69 Å². The van der Waals surface area contributed by atoms with Crippen LogP contribution in [0.1, 0.15) is 17.4 Å². The zero-order chi connectivity index (χ0) is 17.9. The predicted octanol–water partition coefficient (Wildman–Crippen LogP) is 3.81. The number of carbonyl (C=O) groups is 2. The molecular formula is C15H12Cl3N3O3. The van der Waals surface area contributed by atoms with E-state index in [9.17, 15) is 9.59 Å². The lowest BCUT2D eigenvalue weighted by Crippen LogP contribution is -2.30. The molecule has 1 aromatic carbocycles. The number of amides is 1. The van der Waals surface area contributed by atoms with Crippen LogP contribution in [0.15, 0.2) is 30.3 Å². The molecule has 6 nitrogen and oxygen atoms in total. The van der Waals surface area contributed by atoms with Gasteiger partial charge in [0.15, 0.2) is 17.0 Å². The number of pyridine rings is 1. The average Bonchev–Trinajstić information content (AvgIpc) is 2.56. The lowest BCUT2D eigenvalue weighted by molar-refractivity contribution is -0.123. The Morgan fingerprint density at radius 1 is 1.17 bits per heavy atom. The number of benzene rings is 1. The number of nitrogens with one attached hydrogen (secondary N) is 1. The first kappa shape index (κ1) is 18.3. The van der Waals surface area contributed by atoms with Gasteiger partial charge in [0.25, 0.3) is 5.91 Å². The van der Waals surface area contributed by atoms with Crippen LogP contribution in [0.4, 0.5) is 11.4 Å². The molecule has 24 heavy (non-hydrogen) atoms. The van der Waals surface area contributed by atoms with Crippen LogP contribution < -0.4 is 11.1 Å². The molecule has 1 aromatic heterocycles. The summed E-state index contributed by atoms with van der Waals surface area (Å²) in [5.74, 6) is -1.46. The summed E-state index contributed by atoms with van der Waals surface area (Å²) in [5, 5.41) is 2.16. The molecule has 0 spiro atoms. The number of aromatic nitrogens is 1. The molecule has 0 bridgehead atoms. The minimum absolute atomic E-state index is 0.0620. The number of ether oxygens (including phenoxy) is 1. The van der Waals surface area contributed by atoms with E-state index >= 15 is 0 Å². The van der Waals surface area contributed by atoms with Crippen molar-refractivity contribution >= 4 is 58.1 Å². The van der Waals surface area contributed by atoms with Gasteiger partial charge in [-0.3, -0.25) is 4.79 Å². The van der Waals surface area contributed by atoms with Gasteiger partial charge < -0.3 is 15.8 Å². The van der Waals surface area contributed by atoms with Crippen molar-refractivity contribution in [2.45, 2.75) is 13.0 Å². The molecule has 0 saturated carbocycles. The van der Waals surface area contributed by atoms with E-state index in [2.05, 4.69) is 10.3 Å². The lowest BCUT2D eigenvalue weighted by atomic mass is 10.3. The van der Waals surface area contributed by atoms with Crippen LogP contribution in [0.5, 0.6) is 0 Å². The van der Waals surface area contributed by atoms with Gasteiger partial charge in [-0.2, -0.15) is 0 Å². The highest BCUT2D eigenvalue weighted by Gasteiger charge is 2.25. The Labute approximate surface area is 152 Å². The van der Waals surface area contributed by atoms with Gasteiger partial charge in [-0.05, 0) is 19.1 Å². The fraction of sp³-hybridized carbons (Fsp3) is 0.133. The van der Waals surface area contributed by atoms with Crippen molar-refractivity contribution in [2.75, 3.05) is 11.1 Å². The molecule has 1 amide bonds. The summed E-state index contributed by atoms with van der Waals surface area (Å²) in [4.78, 5) is 27.9. The lowest BCUT2D eigenvalue weighted by Gasteiger charge is -2.14. The third-order valence-electron chi connectivity index (χ3n) is 2.96. The maximum atomic E-state index is 12.1. The number of nitrogens with two attached hydrogens (primary N) is 1. The topological polar surface area (TPSA) is 94.3 Å². The van der Waals surface area contributed by atoms with Crippen molar-refractivity contribution in [3.05, 3.63) is 51.2 Å². The maximum Gasteiger partial charge on any atom is 0.359 e. The molecule has 3 N–H and O–H groups in total. The summed E-state index contributed by atoms with van der Waals surface area (Å²) in [6.45, 7) is 1.41. The second-order valence-corrected chi connectivity index (χ2v) is 5.81. The summed E-state index contributed by atoms with van der Waals surface area (Å²) in [6.07, 6.45) is -1.09. The molecule has 0 radical (unpaired) electrons. The molecule has 2 rings (SSSR count). The highest BCUT2D eigenvalue weighted by atomic mass is 35.5. The van der Waals surface area contributed by atoms with Crippen molar-refractivity contribution in [1.29, 1.82) is 0 Å². The summed E-state index contributed by atoms with van der Waals surface area (Å²) in [7, 11) is 0. The number of para-hydroxylation sites is 1. The zero-order valence-electron chi connectivity index (χ0n) is 12.3. The normalized spacial score (nSPS) is 11.7. The largest absolute Gasteiger partial charge is 0.448 e. The number of carbonyl (C=O) groups excluding carboxylic acids is 2. The van der Waals surface area contributed by atoms with E-state index in [1.165, 1.54) is 6.92 Å². The van der Waals surface area contributed by atoms with Crippen LogP contribution in [0.25, 0.3) is 0 Å². The molecule has 0 fully saturated rings. The van der Waals surface area contributed by atoms with Gasteiger partial charge in [0.1, 0.15) is 5.02 Å². The molecule has 126 valence electrons. The number of hydrogen-bond donors (Lipinski definition) is 2. The predicted molar refractivity (Wildman–Crippen MR) is 93.6 cm³/mol. The second kappa shape index (κ2) is 7.70. The van der Waals surface area contributed by atoms with E-state index in [-0.39, 0.29) is 26.6 Å². The highest BCUT2D eigenvalue weighted by Crippen LogP contribution is 2.34. The van der Waals surface area contributed by atoms with Gasteiger partial charge in [-0.25, -0.2) is 9.78 Å². The number of halogens is 3. The number of rotatable bonds is 4. The Bertz CT molecular complexity index is 785. The smallest absolute Gasteiger partial charge is 0.359 e. The minimum Gasteiger partial charge on any atom is -0.448 e. The molecule has 9 heteroatoms. The van der Waals surface area contributed by atoms with Crippen molar-refractivity contribution in [3.8, 4) is 0 Å². The third-order valence-corrected chi connectivity index (χ3v) is 4.10. The molecule has 0 aliphatic carbocycles. The van der Waals surface area contributed by atoms with Gasteiger partial charge in [-0.1, -0.05) is 53.0 Å². The van der Waals surface area contributed by atoms with Gasteiger partial charge >= 0.3 is 5.97 Å². The van der Waals surface area contributed by atoms with Crippen molar-refractivity contribution < 1.29 is 14.3 Å². The first-order chi connectivity index (χ1) is 11.3. The summed E-state index contributed by atoms with van der Waals surface area (Å²) in [6, 6.07) is 8.72. The first-order valence-corrected chi connectivity index (χ1v) is 7.81. The van der Waals surface area contributed by atoms with Crippen molar-refractivity contribution in [1.82, 2.24) is 4.98 Å². The fourth-order valence-corrected chi connectivity index (χ4v) is 2.29. The van der Waals surface area contributed by atoms with Crippen LogP contribution in [-0.4, -0.2) is 23.0 Å². The van der Waals surface area contributed by atoms with Crippen LogP contribution in [0.3, 0.4) is 0 Å². The first-order valence-electron chi connectivity index (χ1n) is 6.68. The standard InChI is InChI=1S/C15H12Cl3N3O3/c1-7(14(22)20-8-5-3-2-4-6-8)24-15(23)12-9(16)11(19)10(17)13(18)21-12/h2-7H,1H3,(H2,19,21)(H,20,22)/t7-/m0/s1. The highest BCUT2D eigenvalue weighted by molar-refractivity contribution is 6.46. The number of esters is 1. The van der Waals surface area contributed by atoms with Gasteiger partial charge in [0, 0.05) is 5.69 Å².